The molecule has 0 saturated heterocycles. The van der Waals surface area contributed by atoms with Crippen molar-refractivity contribution in [3.05, 3.63) is 12.2 Å². The highest BCUT2D eigenvalue weighted by molar-refractivity contribution is 7.99. The van der Waals surface area contributed by atoms with Crippen molar-refractivity contribution in [1.29, 1.82) is 0 Å². The Morgan fingerprint density at radius 3 is 2.23 bits per heavy atom. The van der Waals surface area contributed by atoms with E-state index in [4.69, 9.17) is 0 Å². The van der Waals surface area contributed by atoms with Crippen LogP contribution in [0.4, 0.5) is 0 Å². The standard InChI is InChI=1S/C12H24S/c1-11(2)13-10-8-6-7-9-12(3,4)5/h6-7,11H,8-10H2,1-5H3/b7-6-. The van der Waals surface area contributed by atoms with Gasteiger partial charge in [0.2, 0.25) is 0 Å². The largest absolute Gasteiger partial charge is 0.159 e. The van der Waals surface area contributed by atoms with Crippen molar-refractivity contribution in [3.63, 3.8) is 0 Å². The van der Waals surface area contributed by atoms with E-state index in [1.807, 2.05) is 11.8 Å². The third-order valence-corrected chi connectivity index (χ3v) is 2.77. The molecular weight excluding hydrogens is 176 g/mol. The van der Waals surface area contributed by atoms with E-state index in [-0.39, 0.29) is 0 Å². The molecule has 0 radical (unpaired) electrons. The predicted octanol–water partition coefficient (Wildman–Crippen LogP) is 4.51. The van der Waals surface area contributed by atoms with Crippen LogP contribution in [0.25, 0.3) is 0 Å². The van der Waals surface area contributed by atoms with Gasteiger partial charge in [0.1, 0.15) is 0 Å². The quantitative estimate of drug-likeness (QED) is 0.465. The molecule has 0 saturated carbocycles. The smallest absolute Gasteiger partial charge is 0.000957 e. The zero-order valence-corrected chi connectivity index (χ0v) is 10.6. The molecule has 0 aromatic rings. The van der Waals surface area contributed by atoms with Crippen molar-refractivity contribution in [3.8, 4) is 0 Å². The number of allylic oxidation sites excluding steroid dienone is 2. The van der Waals surface area contributed by atoms with Crippen molar-refractivity contribution < 1.29 is 0 Å². The van der Waals surface area contributed by atoms with Crippen LogP contribution >= 0.6 is 11.8 Å². The highest BCUT2D eigenvalue weighted by Crippen LogP contribution is 2.19. The molecule has 0 aromatic carbocycles. The Kier molecular flexibility index (Phi) is 6.58. The van der Waals surface area contributed by atoms with Crippen LogP contribution in [0.15, 0.2) is 12.2 Å². The van der Waals surface area contributed by atoms with Crippen LogP contribution in [0.1, 0.15) is 47.5 Å². The van der Waals surface area contributed by atoms with Gasteiger partial charge in [0.15, 0.2) is 0 Å². The van der Waals surface area contributed by atoms with Gasteiger partial charge in [-0.15, -0.1) is 0 Å². The summed E-state index contributed by atoms with van der Waals surface area (Å²) < 4.78 is 0. The van der Waals surface area contributed by atoms with Gasteiger partial charge in [-0.1, -0.05) is 46.8 Å². The summed E-state index contributed by atoms with van der Waals surface area (Å²) >= 11 is 2.04. The molecular formula is C12H24S. The second kappa shape index (κ2) is 6.53. The first-order valence-corrected chi connectivity index (χ1v) is 6.23. The molecule has 1 heteroatoms. The Bertz CT molecular complexity index is 140. The molecule has 0 N–H and O–H groups in total. The third-order valence-electron chi connectivity index (χ3n) is 1.63. The zero-order chi connectivity index (χ0) is 10.3. The van der Waals surface area contributed by atoms with Gasteiger partial charge in [-0.2, -0.15) is 11.8 Å². The van der Waals surface area contributed by atoms with E-state index in [1.165, 1.54) is 18.6 Å². The maximum absolute atomic E-state index is 2.32. The van der Waals surface area contributed by atoms with Crippen molar-refractivity contribution >= 4 is 11.8 Å². The van der Waals surface area contributed by atoms with Gasteiger partial charge in [-0.3, -0.25) is 0 Å². The van der Waals surface area contributed by atoms with Crippen LogP contribution < -0.4 is 0 Å². The molecule has 0 rings (SSSR count). The molecule has 0 bridgehead atoms. The van der Waals surface area contributed by atoms with E-state index in [0.717, 1.165) is 5.25 Å². The van der Waals surface area contributed by atoms with Crippen molar-refractivity contribution in [1.82, 2.24) is 0 Å². The summed E-state index contributed by atoms with van der Waals surface area (Å²) in [6.07, 6.45) is 7.06. The average molecular weight is 200 g/mol. The third kappa shape index (κ3) is 12.1. The number of hydrogen-bond acceptors (Lipinski definition) is 1. The fourth-order valence-corrected chi connectivity index (χ4v) is 1.67. The maximum atomic E-state index is 2.32. The lowest BCUT2D eigenvalue weighted by atomic mass is 9.92. The average Bonchev–Trinajstić information content (AvgIpc) is 1.93. The predicted molar refractivity (Wildman–Crippen MR) is 65.4 cm³/mol. The van der Waals surface area contributed by atoms with Gasteiger partial charge in [0.05, 0.1) is 0 Å². The van der Waals surface area contributed by atoms with Crippen LogP contribution in [-0.4, -0.2) is 11.0 Å². The molecule has 0 aromatic heterocycles. The Labute approximate surface area is 88.2 Å². The summed E-state index contributed by atoms with van der Waals surface area (Å²) in [6.45, 7) is 11.3. The first kappa shape index (κ1) is 13.1. The van der Waals surface area contributed by atoms with E-state index in [0.29, 0.717) is 5.41 Å². The maximum Gasteiger partial charge on any atom is -0.000957 e. The molecule has 0 aliphatic carbocycles. The summed E-state index contributed by atoms with van der Waals surface area (Å²) in [6, 6.07) is 0. The highest BCUT2D eigenvalue weighted by atomic mass is 32.2. The number of thioether (sulfide) groups is 1. The summed E-state index contributed by atoms with van der Waals surface area (Å²) in [5, 5.41) is 0.774. The Morgan fingerprint density at radius 1 is 1.15 bits per heavy atom. The van der Waals surface area contributed by atoms with Gasteiger partial charge in [0, 0.05) is 0 Å². The molecule has 0 aliphatic rings. The lowest BCUT2D eigenvalue weighted by Gasteiger charge is -2.14. The molecule has 0 fully saturated rings. The molecule has 0 unspecified atom stereocenters. The lowest BCUT2D eigenvalue weighted by Crippen LogP contribution is -2.01. The Hall–Kier alpha value is 0.0900. The van der Waals surface area contributed by atoms with Gasteiger partial charge in [-0.05, 0) is 29.3 Å². The van der Waals surface area contributed by atoms with Crippen LogP contribution in [0.2, 0.25) is 0 Å². The highest BCUT2D eigenvalue weighted by Gasteiger charge is 2.05. The fourth-order valence-electron chi connectivity index (χ4n) is 0.927. The van der Waals surface area contributed by atoms with E-state index in [9.17, 15) is 0 Å². The van der Waals surface area contributed by atoms with Gasteiger partial charge in [-0.25, -0.2) is 0 Å². The summed E-state index contributed by atoms with van der Waals surface area (Å²) in [4.78, 5) is 0. The van der Waals surface area contributed by atoms with Crippen molar-refractivity contribution in [2.75, 3.05) is 5.75 Å². The van der Waals surface area contributed by atoms with E-state index >= 15 is 0 Å². The van der Waals surface area contributed by atoms with Gasteiger partial charge in [0.25, 0.3) is 0 Å². The monoisotopic (exact) mass is 200 g/mol. The summed E-state index contributed by atoms with van der Waals surface area (Å²) in [5.41, 5.74) is 0.446. The molecule has 78 valence electrons. The van der Waals surface area contributed by atoms with E-state index in [1.54, 1.807) is 0 Å². The van der Waals surface area contributed by atoms with Gasteiger partial charge >= 0.3 is 0 Å². The SMILES string of the molecule is CC(C)SCC/C=C\CC(C)(C)C. The lowest BCUT2D eigenvalue weighted by molar-refractivity contribution is 0.420. The van der Waals surface area contributed by atoms with Gasteiger partial charge < -0.3 is 0 Å². The molecule has 0 aliphatic heterocycles. The normalized spacial score (nSPS) is 13.1. The first-order chi connectivity index (χ1) is 5.92. The Balaban J connectivity index is 3.33. The van der Waals surface area contributed by atoms with Crippen molar-refractivity contribution in [2.24, 2.45) is 5.41 Å². The fraction of sp³-hybridized carbons (Fsp3) is 0.833. The molecule has 13 heavy (non-hydrogen) atoms. The molecule has 0 heterocycles. The topological polar surface area (TPSA) is 0 Å². The minimum atomic E-state index is 0.446. The van der Waals surface area contributed by atoms with Crippen LogP contribution in [0.5, 0.6) is 0 Å². The Morgan fingerprint density at radius 2 is 1.77 bits per heavy atom. The minimum Gasteiger partial charge on any atom is -0.159 e. The van der Waals surface area contributed by atoms with E-state index in [2.05, 4.69) is 46.8 Å². The second-order valence-corrected chi connectivity index (χ2v) is 6.63. The van der Waals surface area contributed by atoms with Crippen LogP contribution in [0, 0.1) is 5.41 Å². The summed E-state index contributed by atoms with van der Waals surface area (Å²) in [7, 11) is 0. The number of rotatable bonds is 5. The van der Waals surface area contributed by atoms with Crippen LogP contribution in [0.3, 0.4) is 0 Å². The molecule has 0 amide bonds. The minimum absolute atomic E-state index is 0.446. The van der Waals surface area contributed by atoms with Crippen LogP contribution in [-0.2, 0) is 0 Å². The number of hydrogen-bond donors (Lipinski definition) is 0. The first-order valence-electron chi connectivity index (χ1n) is 5.18. The molecule has 0 spiro atoms. The van der Waals surface area contributed by atoms with Crippen molar-refractivity contribution in [2.45, 2.75) is 52.7 Å². The zero-order valence-electron chi connectivity index (χ0n) is 9.76. The van der Waals surface area contributed by atoms with E-state index < -0.39 is 0 Å². The second-order valence-electron chi connectivity index (χ2n) is 4.94. The summed E-state index contributed by atoms with van der Waals surface area (Å²) in [5.74, 6) is 1.26. The molecule has 0 nitrogen and oxygen atoms in total. The molecule has 0 atom stereocenters.